The standard InChI is InChI=1S/C13H8BrN3O3/c14-6-4-9(16-5-6)12(19)17-11(18)7-2-1-3-8(15)10(7)13(17)20/h1-5,16H,15H2. The Hall–Kier alpha value is -2.41. The molecule has 0 saturated carbocycles. The molecule has 0 bridgehead atoms. The number of H-pyrrole nitrogens is 1. The average Bonchev–Trinajstić information content (AvgIpc) is 2.94. The number of anilines is 1. The lowest BCUT2D eigenvalue weighted by molar-refractivity contribution is 0.0564. The Morgan fingerprint density at radius 1 is 1.25 bits per heavy atom. The van der Waals surface area contributed by atoms with E-state index in [2.05, 4.69) is 20.9 Å². The lowest BCUT2D eigenvalue weighted by Gasteiger charge is -2.10. The van der Waals surface area contributed by atoms with Crippen molar-refractivity contribution in [1.82, 2.24) is 9.88 Å². The first-order chi connectivity index (χ1) is 9.50. The molecule has 1 aliphatic heterocycles. The molecule has 1 aliphatic rings. The van der Waals surface area contributed by atoms with Gasteiger partial charge in [0.25, 0.3) is 17.7 Å². The molecule has 20 heavy (non-hydrogen) atoms. The van der Waals surface area contributed by atoms with Crippen molar-refractivity contribution in [3.63, 3.8) is 0 Å². The van der Waals surface area contributed by atoms with E-state index < -0.39 is 17.7 Å². The van der Waals surface area contributed by atoms with Gasteiger partial charge in [0.1, 0.15) is 5.69 Å². The number of imide groups is 3. The van der Waals surface area contributed by atoms with Gasteiger partial charge >= 0.3 is 0 Å². The molecule has 0 unspecified atom stereocenters. The van der Waals surface area contributed by atoms with Crippen LogP contribution in [0.2, 0.25) is 0 Å². The molecule has 2 aromatic rings. The van der Waals surface area contributed by atoms with E-state index in [1.165, 1.54) is 18.2 Å². The predicted octanol–water partition coefficient (Wildman–Crippen LogP) is 1.80. The average molecular weight is 334 g/mol. The Kier molecular flexibility index (Phi) is 2.72. The molecule has 7 heteroatoms. The first kappa shape index (κ1) is 12.6. The summed E-state index contributed by atoms with van der Waals surface area (Å²) in [5.74, 6) is -2.06. The quantitative estimate of drug-likeness (QED) is 0.614. The van der Waals surface area contributed by atoms with Crippen molar-refractivity contribution in [2.24, 2.45) is 0 Å². The second-order valence-electron chi connectivity index (χ2n) is 4.25. The Bertz CT molecular complexity index is 766. The van der Waals surface area contributed by atoms with Gasteiger partial charge in [0.2, 0.25) is 0 Å². The first-order valence-electron chi connectivity index (χ1n) is 5.66. The number of rotatable bonds is 1. The molecule has 0 saturated heterocycles. The Morgan fingerprint density at radius 3 is 2.60 bits per heavy atom. The number of carbonyl (C=O) groups is 3. The normalized spacial score (nSPS) is 13.8. The van der Waals surface area contributed by atoms with Crippen molar-refractivity contribution in [3.8, 4) is 0 Å². The molecule has 3 rings (SSSR count). The van der Waals surface area contributed by atoms with Crippen molar-refractivity contribution in [2.75, 3.05) is 5.73 Å². The number of nitrogens with two attached hydrogens (primary N) is 1. The van der Waals surface area contributed by atoms with E-state index in [-0.39, 0.29) is 22.5 Å². The highest BCUT2D eigenvalue weighted by Crippen LogP contribution is 2.28. The molecule has 0 atom stereocenters. The number of aromatic amines is 1. The van der Waals surface area contributed by atoms with Crippen LogP contribution in [-0.4, -0.2) is 27.6 Å². The van der Waals surface area contributed by atoms with E-state index in [0.717, 1.165) is 0 Å². The molecule has 0 aliphatic carbocycles. The van der Waals surface area contributed by atoms with Gasteiger partial charge in [0.05, 0.1) is 11.1 Å². The lowest BCUT2D eigenvalue weighted by atomic mass is 10.1. The van der Waals surface area contributed by atoms with Crippen LogP contribution in [0.1, 0.15) is 31.2 Å². The van der Waals surface area contributed by atoms with Gasteiger partial charge in [0, 0.05) is 16.4 Å². The summed E-state index contributed by atoms with van der Waals surface area (Å²) in [4.78, 5) is 40.0. The van der Waals surface area contributed by atoms with E-state index in [4.69, 9.17) is 5.73 Å². The number of halogens is 1. The summed E-state index contributed by atoms with van der Waals surface area (Å²) in [5.41, 5.74) is 6.26. The summed E-state index contributed by atoms with van der Waals surface area (Å²) >= 11 is 3.19. The number of hydrogen-bond acceptors (Lipinski definition) is 4. The number of nitrogen functional groups attached to an aromatic ring is 1. The summed E-state index contributed by atoms with van der Waals surface area (Å²) < 4.78 is 0.650. The molecule has 0 fully saturated rings. The minimum atomic E-state index is -0.707. The van der Waals surface area contributed by atoms with E-state index in [1.807, 2.05) is 0 Å². The molecule has 100 valence electrons. The third kappa shape index (κ3) is 1.67. The minimum Gasteiger partial charge on any atom is -0.398 e. The fourth-order valence-corrected chi connectivity index (χ4v) is 2.45. The highest BCUT2D eigenvalue weighted by Gasteiger charge is 2.41. The van der Waals surface area contributed by atoms with Crippen LogP contribution in [0.3, 0.4) is 0 Å². The van der Waals surface area contributed by atoms with Crippen molar-refractivity contribution < 1.29 is 14.4 Å². The second kappa shape index (κ2) is 4.31. The molecule has 6 nitrogen and oxygen atoms in total. The summed E-state index contributed by atoms with van der Waals surface area (Å²) in [6.07, 6.45) is 1.54. The van der Waals surface area contributed by atoms with Crippen LogP contribution in [0.25, 0.3) is 0 Å². The van der Waals surface area contributed by atoms with E-state index >= 15 is 0 Å². The molecule has 0 radical (unpaired) electrons. The van der Waals surface area contributed by atoms with Crippen LogP contribution in [0.4, 0.5) is 5.69 Å². The molecular weight excluding hydrogens is 326 g/mol. The highest BCUT2D eigenvalue weighted by molar-refractivity contribution is 9.10. The third-order valence-electron chi connectivity index (χ3n) is 3.03. The maximum absolute atomic E-state index is 12.3. The third-order valence-corrected chi connectivity index (χ3v) is 3.49. The number of benzene rings is 1. The van der Waals surface area contributed by atoms with Crippen molar-refractivity contribution in [1.29, 1.82) is 0 Å². The largest absolute Gasteiger partial charge is 0.398 e. The van der Waals surface area contributed by atoms with Gasteiger partial charge in [0.15, 0.2) is 0 Å². The maximum Gasteiger partial charge on any atom is 0.284 e. The maximum atomic E-state index is 12.3. The van der Waals surface area contributed by atoms with Gasteiger partial charge in [-0.1, -0.05) is 6.07 Å². The second-order valence-corrected chi connectivity index (χ2v) is 5.17. The smallest absolute Gasteiger partial charge is 0.284 e. The van der Waals surface area contributed by atoms with Crippen LogP contribution in [0.15, 0.2) is 34.9 Å². The molecule has 3 N–H and O–H groups in total. The highest BCUT2D eigenvalue weighted by atomic mass is 79.9. The topological polar surface area (TPSA) is 96.3 Å². The SMILES string of the molecule is Nc1cccc2c1C(=O)N(C(=O)c1cc(Br)c[nH]1)C2=O. The number of hydrogen-bond donors (Lipinski definition) is 2. The number of fused-ring (bicyclic) bond motifs is 1. The molecule has 3 amide bonds. The molecule has 2 heterocycles. The summed E-state index contributed by atoms with van der Waals surface area (Å²) in [6.45, 7) is 0. The number of aromatic nitrogens is 1. The van der Waals surface area contributed by atoms with E-state index in [9.17, 15) is 14.4 Å². The van der Waals surface area contributed by atoms with Crippen molar-refractivity contribution >= 4 is 39.3 Å². The zero-order valence-corrected chi connectivity index (χ0v) is 11.6. The zero-order valence-electron chi connectivity index (χ0n) is 10.0. The van der Waals surface area contributed by atoms with Crippen LogP contribution >= 0.6 is 15.9 Å². The van der Waals surface area contributed by atoms with Crippen LogP contribution in [-0.2, 0) is 0 Å². The zero-order chi connectivity index (χ0) is 14.4. The number of nitrogens with zero attached hydrogens (tertiary/aromatic N) is 1. The summed E-state index contributed by atoms with van der Waals surface area (Å²) in [5, 5.41) is 0. The van der Waals surface area contributed by atoms with Gasteiger partial charge in [-0.2, -0.15) is 0 Å². The number of nitrogens with one attached hydrogen (secondary N) is 1. The summed E-state index contributed by atoms with van der Waals surface area (Å²) in [6, 6.07) is 6.06. The van der Waals surface area contributed by atoms with Crippen molar-refractivity contribution in [2.45, 2.75) is 0 Å². The monoisotopic (exact) mass is 333 g/mol. The number of carbonyl (C=O) groups excluding carboxylic acids is 3. The number of amides is 3. The van der Waals surface area contributed by atoms with Gasteiger partial charge in [-0.15, -0.1) is 0 Å². The lowest BCUT2D eigenvalue weighted by Crippen LogP contribution is -2.36. The predicted molar refractivity (Wildman–Crippen MR) is 74.2 cm³/mol. The molecule has 1 aromatic carbocycles. The van der Waals surface area contributed by atoms with Gasteiger partial charge in [-0.3, -0.25) is 14.4 Å². The Labute approximate surface area is 121 Å². The fraction of sp³-hybridized carbons (Fsp3) is 0. The van der Waals surface area contributed by atoms with Gasteiger partial charge < -0.3 is 10.7 Å². The molecule has 1 aromatic heterocycles. The van der Waals surface area contributed by atoms with Crippen LogP contribution < -0.4 is 5.73 Å². The van der Waals surface area contributed by atoms with Gasteiger partial charge in [-0.05, 0) is 34.1 Å². The van der Waals surface area contributed by atoms with Gasteiger partial charge in [-0.25, -0.2) is 4.90 Å². The Morgan fingerprint density at radius 2 is 2.00 bits per heavy atom. The van der Waals surface area contributed by atoms with Crippen LogP contribution in [0.5, 0.6) is 0 Å². The summed E-state index contributed by atoms with van der Waals surface area (Å²) in [7, 11) is 0. The van der Waals surface area contributed by atoms with Crippen LogP contribution in [0, 0.1) is 0 Å². The Balaban J connectivity index is 2.06. The van der Waals surface area contributed by atoms with Crippen molar-refractivity contribution in [3.05, 3.63) is 51.8 Å². The van der Waals surface area contributed by atoms with E-state index in [1.54, 1.807) is 12.3 Å². The first-order valence-corrected chi connectivity index (χ1v) is 6.45. The molecular formula is C13H8BrN3O3. The van der Waals surface area contributed by atoms with E-state index in [0.29, 0.717) is 9.37 Å². The minimum absolute atomic E-state index is 0.0801. The fourth-order valence-electron chi connectivity index (χ4n) is 2.11. The molecule has 0 spiro atoms.